The normalized spacial score (nSPS) is 10.9. The van der Waals surface area contributed by atoms with Gasteiger partial charge in [-0.3, -0.25) is 19.7 Å². The summed E-state index contributed by atoms with van der Waals surface area (Å²) in [5, 5.41) is 8.17. The third-order valence-corrected chi connectivity index (χ3v) is 5.67. The van der Waals surface area contributed by atoms with E-state index in [0.717, 1.165) is 16.9 Å². The first-order chi connectivity index (χ1) is 14.5. The molecule has 0 aliphatic rings. The predicted molar refractivity (Wildman–Crippen MR) is 117 cm³/mol. The smallest absolute Gasteiger partial charge is 0.278 e. The highest BCUT2D eigenvalue weighted by Gasteiger charge is 2.21. The van der Waals surface area contributed by atoms with Crippen LogP contribution in [0.4, 0.5) is 5.13 Å². The molecule has 4 aromatic rings. The Balaban J connectivity index is 1.76. The first-order valence-corrected chi connectivity index (χ1v) is 10.2. The van der Waals surface area contributed by atoms with Crippen molar-refractivity contribution in [1.29, 1.82) is 0 Å². The van der Waals surface area contributed by atoms with Crippen molar-refractivity contribution < 1.29 is 9.59 Å². The Labute approximate surface area is 176 Å². The third-order valence-electron chi connectivity index (χ3n) is 4.60. The number of carbonyl (C=O) groups excluding carboxylic acids is 2. The van der Waals surface area contributed by atoms with Gasteiger partial charge >= 0.3 is 0 Å². The van der Waals surface area contributed by atoms with Crippen LogP contribution in [0.25, 0.3) is 22.0 Å². The van der Waals surface area contributed by atoms with E-state index in [1.807, 2.05) is 30.3 Å². The summed E-state index contributed by atoms with van der Waals surface area (Å²) in [6, 6.07) is 16.2. The number of Topliss-reactive ketones (excluding diaryl/α,β-unsaturated/α-hetero) is 1. The lowest BCUT2D eigenvalue weighted by Crippen LogP contribution is -2.27. The quantitative estimate of drug-likeness (QED) is 0.495. The number of hydrogen-bond acceptors (Lipinski definition) is 6. The van der Waals surface area contributed by atoms with E-state index >= 15 is 0 Å². The minimum atomic E-state index is -0.489. The summed E-state index contributed by atoms with van der Waals surface area (Å²) in [6.07, 6.45) is 0. The zero-order chi connectivity index (χ0) is 21.3. The summed E-state index contributed by atoms with van der Waals surface area (Å²) in [7, 11) is 0. The minimum Gasteiger partial charge on any atom is -0.296 e. The van der Waals surface area contributed by atoms with Crippen LogP contribution in [0.3, 0.4) is 0 Å². The first kappa shape index (κ1) is 19.7. The van der Waals surface area contributed by atoms with Crippen LogP contribution in [-0.4, -0.2) is 26.5 Å². The summed E-state index contributed by atoms with van der Waals surface area (Å²) in [5.41, 5.74) is 1.21. The highest BCUT2D eigenvalue weighted by Crippen LogP contribution is 2.31. The van der Waals surface area contributed by atoms with Gasteiger partial charge in [0.15, 0.2) is 16.6 Å². The number of aromatic nitrogens is 3. The number of amides is 1. The summed E-state index contributed by atoms with van der Waals surface area (Å²) >= 11 is 1.12. The standard InChI is InChI=1S/C22H18N4O3S/c1-3-26-21(29)16-12-8-7-11-15(16)18(25-26)20(28)24-22-23-17(19(30-22)13(2)27)14-9-5-4-6-10-14/h4-12H,3H2,1-2H3,(H,23,24,28). The monoisotopic (exact) mass is 418 g/mol. The van der Waals surface area contributed by atoms with E-state index in [4.69, 9.17) is 0 Å². The van der Waals surface area contributed by atoms with Crippen molar-refractivity contribution >= 4 is 38.9 Å². The number of benzene rings is 2. The van der Waals surface area contributed by atoms with Gasteiger partial charge in [0.25, 0.3) is 11.5 Å². The Hall–Kier alpha value is -3.65. The zero-order valence-corrected chi connectivity index (χ0v) is 17.2. The Morgan fingerprint density at radius 2 is 1.70 bits per heavy atom. The van der Waals surface area contributed by atoms with Gasteiger partial charge in [-0.1, -0.05) is 59.9 Å². The molecule has 4 rings (SSSR count). The molecule has 30 heavy (non-hydrogen) atoms. The first-order valence-electron chi connectivity index (χ1n) is 9.38. The van der Waals surface area contributed by atoms with E-state index in [1.165, 1.54) is 11.6 Å². The van der Waals surface area contributed by atoms with Gasteiger partial charge in [0, 0.05) is 24.4 Å². The van der Waals surface area contributed by atoms with Crippen molar-refractivity contribution in [1.82, 2.24) is 14.8 Å². The highest BCUT2D eigenvalue weighted by molar-refractivity contribution is 7.18. The number of hydrogen-bond donors (Lipinski definition) is 1. The molecule has 0 fully saturated rings. The lowest BCUT2D eigenvalue weighted by molar-refractivity contribution is 0.101. The van der Waals surface area contributed by atoms with Gasteiger partial charge in [0.05, 0.1) is 16.0 Å². The zero-order valence-electron chi connectivity index (χ0n) is 16.4. The fraction of sp³-hybridized carbons (Fsp3) is 0.136. The predicted octanol–water partition coefficient (Wildman–Crippen LogP) is 3.99. The van der Waals surface area contributed by atoms with Gasteiger partial charge in [-0.15, -0.1) is 0 Å². The van der Waals surface area contributed by atoms with Gasteiger partial charge in [-0.25, -0.2) is 9.67 Å². The average molecular weight is 418 g/mol. The van der Waals surface area contributed by atoms with Gasteiger partial charge in [0.2, 0.25) is 0 Å². The second-order valence-electron chi connectivity index (χ2n) is 6.59. The second-order valence-corrected chi connectivity index (χ2v) is 7.59. The number of fused-ring (bicyclic) bond motifs is 1. The van der Waals surface area contributed by atoms with Gasteiger partial charge in [0.1, 0.15) is 0 Å². The molecule has 0 bridgehead atoms. The number of anilines is 1. The lowest BCUT2D eigenvalue weighted by Gasteiger charge is -2.09. The molecule has 0 unspecified atom stereocenters. The molecule has 1 amide bonds. The number of ketones is 1. The summed E-state index contributed by atoms with van der Waals surface area (Å²) < 4.78 is 1.26. The Bertz CT molecular complexity index is 1330. The van der Waals surface area contributed by atoms with Crippen LogP contribution in [0.5, 0.6) is 0 Å². The van der Waals surface area contributed by atoms with E-state index in [2.05, 4.69) is 15.4 Å². The molecule has 0 aliphatic carbocycles. The van der Waals surface area contributed by atoms with E-state index in [-0.39, 0.29) is 17.0 Å². The molecule has 0 aliphatic heterocycles. The fourth-order valence-corrected chi connectivity index (χ4v) is 4.06. The van der Waals surface area contributed by atoms with Crippen LogP contribution in [-0.2, 0) is 6.54 Å². The number of nitrogens with zero attached hydrogens (tertiary/aromatic N) is 3. The topological polar surface area (TPSA) is 93.9 Å². The second kappa shape index (κ2) is 8.00. The molecule has 8 heteroatoms. The minimum absolute atomic E-state index is 0.130. The molecule has 0 radical (unpaired) electrons. The molecule has 150 valence electrons. The fourth-order valence-electron chi connectivity index (χ4n) is 3.18. The molecule has 0 saturated carbocycles. The van der Waals surface area contributed by atoms with E-state index in [0.29, 0.717) is 33.0 Å². The molecular weight excluding hydrogens is 400 g/mol. The van der Waals surface area contributed by atoms with Crippen LogP contribution in [0, 0.1) is 0 Å². The number of aryl methyl sites for hydroxylation is 1. The molecule has 0 atom stereocenters. The van der Waals surface area contributed by atoms with Gasteiger partial charge < -0.3 is 0 Å². The Kier molecular flexibility index (Phi) is 5.24. The Morgan fingerprint density at radius 3 is 2.37 bits per heavy atom. The molecule has 2 heterocycles. The maximum absolute atomic E-state index is 13.0. The van der Waals surface area contributed by atoms with Crippen molar-refractivity contribution in [3.8, 4) is 11.3 Å². The third kappa shape index (κ3) is 3.53. The van der Waals surface area contributed by atoms with Gasteiger partial charge in [-0.2, -0.15) is 5.10 Å². The molecule has 2 aromatic heterocycles. The SMILES string of the molecule is CCn1nc(C(=O)Nc2nc(-c3ccccc3)c(C(C)=O)s2)c2ccccc2c1=O. The maximum Gasteiger partial charge on any atom is 0.278 e. The van der Waals surface area contributed by atoms with Crippen molar-refractivity contribution in [2.75, 3.05) is 5.32 Å². The van der Waals surface area contributed by atoms with Crippen molar-refractivity contribution in [3.05, 3.63) is 75.5 Å². The summed E-state index contributed by atoms with van der Waals surface area (Å²) in [5.74, 6) is -0.619. The van der Waals surface area contributed by atoms with E-state index < -0.39 is 5.91 Å². The summed E-state index contributed by atoms with van der Waals surface area (Å²) in [6.45, 7) is 3.60. The Morgan fingerprint density at radius 1 is 1.03 bits per heavy atom. The number of rotatable bonds is 5. The van der Waals surface area contributed by atoms with Crippen molar-refractivity contribution in [2.45, 2.75) is 20.4 Å². The lowest BCUT2D eigenvalue weighted by atomic mass is 10.1. The van der Waals surface area contributed by atoms with Gasteiger partial charge in [-0.05, 0) is 13.0 Å². The van der Waals surface area contributed by atoms with Crippen molar-refractivity contribution in [2.24, 2.45) is 0 Å². The average Bonchev–Trinajstić information content (AvgIpc) is 3.19. The summed E-state index contributed by atoms with van der Waals surface area (Å²) in [4.78, 5) is 42.6. The maximum atomic E-state index is 13.0. The highest BCUT2D eigenvalue weighted by atomic mass is 32.1. The number of carbonyl (C=O) groups is 2. The molecule has 0 spiro atoms. The molecule has 2 aromatic carbocycles. The molecular formula is C22H18N4O3S. The molecule has 0 saturated heterocycles. The van der Waals surface area contributed by atoms with Crippen LogP contribution >= 0.6 is 11.3 Å². The number of thiazole rings is 1. The number of nitrogens with one attached hydrogen (secondary N) is 1. The van der Waals surface area contributed by atoms with Crippen molar-refractivity contribution in [3.63, 3.8) is 0 Å². The largest absolute Gasteiger partial charge is 0.296 e. The van der Waals surface area contributed by atoms with E-state index in [1.54, 1.807) is 31.2 Å². The van der Waals surface area contributed by atoms with E-state index in [9.17, 15) is 14.4 Å². The van der Waals surface area contributed by atoms with Crippen LogP contribution < -0.4 is 10.9 Å². The van der Waals surface area contributed by atoms with Crippen LogP contribution in [0.15, 0.2) is 59.4 Å². The molecule has 1 N–H and O–H groups in total. The molecule has 7 nitrogen and oxygen atoms in total. The van der Waals surface area contributed by atoms with Crippen LogP contribution in [0.1, 0.15) is 34.0 Å². The van der Waals surface area contributed by atoms with Crippen LogP contribution in [0.2, 0.25) is 0 Å².